The summed E-state index contributed by atoms with van der Waals surface area (Å²) < 4.78 is 20.7. The van der Waals surface area contributed by atoms with Crippen molar-refractivity contribution >= 4 is 45.7 Å². The molecule has 3 aromatic carbocycles. The minimum absolute atomic E-state index is 0.115. The van der Waals surface area contributed by atoms with E-state index >= 15 is 0 Å². The number of hydrogen-bond donors (Lipinski definition) is 1. The van der Waals surface area contributed by atoms with Gasteiger partial charge in [-0.3, -0.25) is 9.78 Å². The summed E-state index contributed by atoms with van der Waals surface area (Å²) >= 11 is 12.3. The minimum Gasteiger partial charge on any atom is -0.493 e. The van der Waals surface area contributed by atoms with Gasteiger partial charge < -0.3 is 10.1 Å². The monoisotopic (exact) mass is 494 g/mol. The van der Waals surface area contributed by atoms with E-state index in [9.17, 15) is 9.18 Å². The lowest BCUT2D eigenvalue weighted by atomic mass is 9.92. The Morgan fingerprint density at radius 2 is 1.91 bits per heavy atom. The second-order valence-electron chi connectivity index (χ2n) is 8.20. The highest BCUT2D eigenvalue weighted by Crippen LogP contribution is 2.38. The lowest BCUT2D eigenvalue weighted by Crippen LogP contribution is -2.27. The van der Waals surface area contributed by atoms with Crippen molar-refractivity contribution in [3.05, 3.63) is 87.8 Å². The number of carbonyl (C=O) groups excluding carboxylic acids is 1. The summed E-state index contributed by atoms with van der Waals surface area (Å²) in [7, 11) is 0. The third kappa shape index (κ3) is 4.10. The van der Waals surface area contributed by atoms with Gasteiger partial charge >= 0.3 is 0 Å². The van der Waals surface area contributed by atoms with Gasteiger partial charge in [-0.05, 0) is 60.4 Å². The Kier molecular flexibility index (Phi) is 6.15. The minimum atomic E-state index is -0.420. The van der Waals surface area contributed by atoms with Crippen molar-refractivity contribution in [2.75, 3.05) is 11.9 Å². The summed E-state index contributed by atoms with van der Waals surface area (Å²) in [4.78, 5) is 17.8. The molecule has 0 aliphatic carbocycles. The first-order chi connectivity index (χ1) is 16.5. The normalized spacial score (nSPS) is 15.0. The van der Waals surface area contributed by atoms with Crippen molar-refractivity contribution in [3.8, 4) is 16.9 Å². The van der Waals surface area contributed by atoms with Gasteiger partial charge in [0.1, 0.15) is 11.6 Å². The van der Waals surface area contributed by atoms with Crippen LogP contribution in [0.1, 0.15) is 30.4 Å². The molecule has 2 heterocycles. The largest absolute Gasteiger partial charge is 0.493 e. The number of nitrogens with zero attached hydrogens (tertiary/aromatic N) is 1. The summed E-state index contributed by atoms with van der Waals surface area (Å²) in [6, 6.07) is 15.6. The van der Waals surface area contributed by atoms with Crippen LogP contribution in [-0.2, 0) is 11.2 Å². The maximum absolute atomic E-state index is 15.0. The molecule has 1 aliphatic rings. The van der Waals surface area contributed by atoms with E-state index in [-0.39, 0.29) is 11.8 Å². The number of halogens is 3. The summed E-state index contributed by atoms with van der Waals surface area (Å²) in [5.41, 5.74) is 3.74. The lowest BCUT2D eigenvalue weighted by molar-refractivity contribution is -0.118. The molecule has 4 aromatic rings. The first kappa shape index (κ1) is 22.6. The van der Waals surface area contributed by atoms with Gasteiger partial charge in [0, 0.05) is 26.6 Å². The smallest absolute Gasteiger partial charge is 0.232 e. The van der Waals surface area contributed by atoms with Crippen molar-refractivity contribution in [3.63, 3.8) is 0 Å². The van der Waals surface area contributed by atoms with Gasteiger partial charge in [-0.15, -0.1) is 0 Å². The molecular formula is C27H21Cl2FN2O2. The molecule has 1 unspecified atom stereocenters. The van der Waals surface area contributed by atoms with E-state index in [4.69, 9.17) is 27.9 Å². The maximum Gasteiger partial charge on any atom is 0.232 e. The van der Waals surface area contributed by atoms with Crippen LogP contribution in [0.15, 0.2) is 60.8 Å². The van der Waals surface area contributed by atoms with Crippen LogP contribution in [0.2, 0.25) is 10.0 Å². The number of benzene rings is 3. The number of aromatic nitrogens is 1. The number of aryl methyl sites for hydroxylation is 1. The zero-order valence-corrected chi connectivity index (χ0v) is 19.9. The molecule has 5 rings (SSSR count). The Balaban J connectivity index is 1.57. The number of hydrogen-bond acceptors (Lipinski definition) is 3. The van der Waals surface area contributed by atoms with Crippen LogP contribution in [0.4, 0.5) is 10.1 Å². The second-order valence-corrected chi connectivity index (χ2v) is 9.07. The molecule has 1 aromatic heterocycles. The Bertz CT molecular complexity index is 1400. The number of carbonyl (C=O) groups is 1. The lowest BCUT2D eigenvalue weighted by Gasteiger charge is -2.25. The van der Waals surface area contributed by atoms with E-state index in [0.717, 1.165) is 22.3 Å². The Labute approximate surface area is 206 Å². The predicted molar refractivity (Wildman–Crippen MR) is 134 cm³/mol. The van der Waals surface area contributed by atoms with Crippen molar-refractivity contribution < 1.29 is 13.9 Å². The van der Waals surface area contributed by atoms with Gasteiger partial charge in [0.2, 0.25) is 5.91 Å². The van der Waals surface area contributed by atoms with E-state index in [2.05, 4.69) is 10.3 Å². The zero-order chi connectivity index (χ0) is 23.8. The van der Waals surface area contributed by atoms with E-state index in [0.29, 0.717) is 51.8 Å². The van der Waals surface area contributed by atoms with E-state index in [1.165, 1.54) is 6.07 Å². The average Bonchev–Trinajstić information content (AvgIpc) is 2.82. The van der Waals surface area contributed by atoms with Crippen LogP contribution in [0, 0.1) is 5.82 Å². The molecule has 0 spiro atoms. The average molecular weight is 495 g/mol. The summed E-state index contributed by atoms with van der Waals surface area (Å²) in [6.45, 7) is 2.48. The number of para-hydroxylation sites is 1. The zero-order valence-electron chi connectivity index (χ0n) is 18.4. The van der Waals surface area contributed by atoms with Gasteiger partial charge in [-0.2, -0.15) is 0 Å². The van der Waals surface area contributed by atoms with Gasteiger partial charge in [0.15, 0.2) is 0 Å². The van der Waals surface area contributed by atoms with Crippen molar-refractivity contribution in [1.29, 1.82) is 0 Å². The number of amides is 1. The van der Waals surface area contributed by atoms with E-state index in [1.54, 1.807) is 30.5 Å². The number of fused-ring (bicyclic) bond motifs is 2. The van der Waals surface area contributed by atoms with E-state index in [1.807, 2.05) is 31.2 Å². The van der Waals surface area contributed by atoms with Crippen LogP contribution >= 0.6 is 23.2 Å². The number of anilines is 1. The number of pyridine rings is 1. The Hall–Kier alpha value is -3.15. The second kappa shape index (κ2) is 9.24. The van der Waals surface area contributed by atoms with Gasteiger partial charge in [0.05, 0.1) is 29.9 Å². The number of rotatable bonds is 4. The molecule has 1 amide bonds. The van der Waals surface area contributed by atoms with Crippen LogP contribution in [0.5, 0.6) is 5.75 Å². The summed E-state index contributed by atoms with van der Waals surface area (Å²) in [6.07, 6.45) is 2.82. The first-order valence-electron chi connectivity index (χ1n) is 11.1. The Morgan fingerprint density at radius 3 is 2.68 bits per heavy atom. The fourth-order valence-electron chi connectivity index (χ4n) is 4.59. The Morgan fingerprint density at radius 1 is 1.15 bits per heavy atom. The van der Waals surface area contributed by atoms with Gasteiger partial charge in [-0.1, -0.05) is 48.3 Å². The molecule has 0 saturated carbocycles. The van der Waals surface area contributed by atoms with E-state index < -0.39 is 5.82 Å². The molecule has 0 bridgehead atoms. The van der Waals surface area contributed by atoms with Crippen LogP contribution in [0.3, 0.4) is 0 Å². The standard InChI is InChI=1S/C27H21Cl2FN2O2/c1-2-18-20-7-8-22(30)25(15-11-16(28)13-17(29)12-15)26(20)31-14-23(18)32-27(33)21-9-10-34-24-6-4-3-5-19(21)24/h3-8,11-14,21H,2,9-10H2,1H3,(H,32,33). The van der Waals surface area contributed by atoms with Crippen molar-refractivity contribution in [1.82, 2.24) is 4.98 Å². The molecule has 0 fully saturated rings. The fourth-order valence-corrected chi connectivity index (χ4v) is 5.12. The van der Waals surface area contributed by atoms with Crippen LogP contribution in [0.25, 0.3) is 22.0 Å². The quantitative estimate of drug-likeness (QED) is 0.321. The highest BCUT2D eigenvalue weighted by atomic mass is 35.5. The van der Waals surface area contributed by atoms with Crippen molar-refractivity contribution in [2.45, 2.75) is 25.7 Å². The molecule has 172 valence electrons. The van der Waals surface area contributed by atoms with Crippen LogP contribution < -0.4 is 10.1 Å². The fraction of sp³-hybridized carbons (Fsp3) is 0.185. The SMILES string of the molecule is CCc1c(NC(=O)C2CCOc3ccccc32)cnc2c(-c3cc(Cl)cc(Cl)c3)c(F)ccc12. The maximum atomic E-state index is 15.0. The molecular weight excluding hydrogens is 474 g/mol. The first-order valence-corrected chi connectivity index (χ1v) is 11.8. The number of ether oxygens (including phenoxy) is 1. The van der Waals surface area contributed by atoms with Gasteiger partial charge in [0.25, 0.3) is 0 Å². The third-order valence-corrected chi connectivity index (χ3v) is 6.57. The van der Waals surface area contributed by atoms with Crippen LogP contribution in [-0.4, -0.2) is 17.5 Å². The topological polar surface area (TPSA) is 51.2 Å². The number of nitrogens with one attached hydrogen (secondary N) is 1. The van der Waals surface area contributed by atoms with Gasteiger partial charge in [-0.25, -0.2) is 4.39 Å². The molecule has 1 atom stereocenters. The van der Waals surface area contributed by atoms with Crippen molar-refractivity contribution in [2.24, 2.45) is 0 Å². The third-order valence-electron chi connectivity index (χ3n) is 6.14. The summed E-state index contributed by atoms with van der Waals surface area (Å²) in [5, 5.41) is 4.65. The molecule has 1 N–H and O–H groups in total. The molecule has 34 heavy (non-hydrogen) atoms. The molecule has 0 radical (unpaired) electrons. The molecule has 0 saturated heterocycles. The highest BCUT2D eigenvalue weighted by molar-refractivity contribution is 6.35. The molecule has 1 aliphatic heterocycles. The molecule has 4 nitrogen and oxygen atoms in total. The highest BCUT2D eigenvalue weighted by Gasteiger charge is 2.28. The molecule has 7 heteroatoms. The summed E-state index contributed by atoms with van der Waals surface area (Å²) in [5.74, 6) is -0.115. The predicted octanol–water partition coefficient (Wildman–Crippen LogP) is 7.41.